The lowest BCUT2D eigenvalue weighted by atomic mass is 10.2. The van der Waals surface area contributed by atoms with E-state index in [0.717, 1.165) is 30.1 Å². The molecule has 0 amide bonds. The predicted octanol–water partition coefficient (Wildman–Crippen LogP) is 2.83. The van der Waals surface area contributed by atoms with Gasteiger partial charge >= 0.3 is 0 Å². The minimum Gasteiger partial charge on any atom is -0.293 e. The molecule has 0 saturated carbocycles. The van der Waals surface area contributed by atoms with Crippen LogP contribution >= 0.6 is 11.5 Å². The molecule has 0 bridgehead atoms. The Morgan fingerprint density at radius 2 is 2.16 bits per heavy atom. The predicted molar refractivity (Wildman–Crippen MR) is 74.5 cm³/mol. The molecule has 0 saturated heterocycles. The Bertz CT molecular complexity index is 556. The Hall–Kier alpha value is -1.56. The monoisotopic (exact) mass is 278 g/mol. The van der Waals surface area contributed by atoms with Gasteiger partial charge in [-0.15, -0.1) is 5.10 Å². The van der Waals surface area contributed by atoms with E-state index in [1.807, 2.05) is 16.9 Å². The van der Waals surface area contributed by atoms with E-state index in [0.29, 0.717) is 23.0 Å². The molecule has 19 heavy (non-hydrogen) atoms. The van der Waals surface area contributed by atoms with Crippen molar-refractivity contribution in [3.63, 3.8) is 0 Å². The molecule has 0 fully saturated rings. The summed E-state index contributed by atoms with van der Waals surface area (Å²) >= 11 is 1.15. The maximum absolute atomic E-state index is 12.1. The third kappa shape index (κ3) is 3.07. The average Bonchev–Trinajstić information content (AvgIpc) is 3.00. The molecular weight excluding hydrogens is 260 g/mol. The van der Waals surface area contributed by atoms with E-state index in [9.17, 15) is 4.79 Å². The van der Waals surface area contributed by atoms with Gasteiger partial charge in [-0.05, 0) is 37.4 Å². The summed E-state index contributed by atoms with van der Waals surface area (Å²) in [5.74, 6) is 0.0438. The van der Waals surface area contributed by atoms with Gasteiger partial charge in [-0.2, -0.15) is 5.10 Å². The summed E-state index contributed by atoms with van der Waals surface area (Å²) in [4.78, 5) is 12.7. The van der Waals surface area contributed by atoms with Gasteiger partial charge in [-0.1, -0.05) is 18.3 Å². The second kappa shape index (κ2) is 6.06. The first-order chi connectivity index (χ1) is 9.15. The van der Waals surface area contributed by atoms with Crippen LogP contribution in [0.15, 0.2) is 12.3 Å². The third-order valence-corrected chi connectivity index (χ3v) is 4.10. The normalized spacial score (nSPS) is 11.2. The Labute approximate surface area is 116 Å². The second-order valence-electron chi connectivity index (χ2n) is 4.54. The molecule has 0 aliphatic rings. The van der Waals surface area contributed by atoms with Crippen molar-refractivity contribution in [2.45, 2.75) is 46.1 Å². The van der Waals surface area contributed by atoms with Crippen LogP contribution in [0.5, 0.6) is 0 Å². The highest BCUT2D eigenvalue weighted by Gasteiger charge is 2.16. The van der Waals surface area contributed by atoms with Crippen molar-refractivity contribution in [2.75, 3.05) is 0 Å². The molecule has 0 N–H and O–H groups in total. The van der Waals surface area contributed by atoms with Gasteiger partial charge in [-0.3, -0.25) is 9.48 Å². The van der Waals surface area contributed by atoms with Crippen LogP contribution in [0.3, 0.4) is 0 Å². The van der Waals surface area contributed by atoms with E-state index in [1.54, 1.807) is 6.92 Å². The van der Waals surface area contributed by atoms with Gasteiger partial charge < -0.3 is 0 Å². The highest BCUT2D eigenvalue weighted by atomic mass is 32.1. The van der Waals surface area contributed by atoms with Crippen molar-refractivity contribution >= 4 is 17.3 Å². The van der Waals surface area contributed by atoms with Crippen LogP contribution in [0, 0.1) is 6.92 Å². The number of carbonyl (C=O) groups excluding carboxylic acids is 1. The summed E-state index contributed by atoms with van der Waals surface area (Å²) in [7, 11) is 0. The fraction of sp³-hybridized carbons (Fsp3) is 0.538. The van der Waals surface area contributed by atoms with Gasteiger partial charge in [0, 0.05) is 6.20 Å². The molecule has 0 aliphatic heterocycles. The number of nitrogens with zero attached hydrogens (tertiary/aromatic N) is 4. The van der Waals surface area contributed by atoms with Gasteiger partial charge in [-0.25, -0.2) is 0 Å². The largest absolute Gasteiger partial charge is 0.293 e. The Morgan fingerprint density at radius 1 is 1.42 bits per heavy atom. The Morgan fingerprint density at radius 3 is 2.74 bits per heavy atom. The fourth-order valence-corrected chi connectivity index (χ4v) is 2.66. The number of rotatable bonds is 6. The standard InChI is InChI=1S/C13H18N4OS/c1-4-11(5-2)17-7-6-10(15-17)8-12(18)13-9(3)14-16-19-13/h6-7,11H,4-5,8H2,1-3H3. The van der Waals surface area contributed by atoms with Gasteiger partial charge in [0.2, 0.25) is 0 Å². The summed E-state index contributed by atoms with van der Waals surface area (Å²) in [6.45, 7) is 6.10. The van der Waals surface area contributed by atoms with Crippen molar-refractivity contribution in [2.24, 2.45) is 0 Å². The zero-order valence-corrected chi connectivity index (χ0v) is 12.3. The Kier molecular flexibility index (Phi) is 4.42. The smallest absolute Gasteiger partial charge is 0.182 e. The first-order valence-corrected chi connectivity index (χ1v) is 7.29. The van der Waals surface area contributed by atoms with E-state index in [1.165, 1.54) is 0 Å². The second-order valence-corrected chi connectivity index (χ2v) is 5.30. The lowest BCUT2D eigenvalue weighted by molar-refractivity contribution is 0.0994. The van der Waals surface area contributed by atoms with E-state index >= 15 is 0 Å². The number of aromatic nitrogens is 4. The van der Waals surface area contributed by atoms with Gasteiger partial charge in [0.25, 0.3) is 0 Å². The zero-order chi connectivity index (χ0) is 13.8. The van der Waals surface area contributed by atoms with E-state index in [-0.39, 0.29) is 5.78 Å². The van der Waals surface area contributed by atoms with Crippen LogP contribution in [-0.4, -0.2) is 25.2 Å². The molecule has 0 spiro atoms. The summed E-state index contributed by atoms with van der Waals surface area (Å²) < 4.78 is 5.75. The van der Waals surface area contributed by atoms with Crippen molar-refractivity contribution in [1.82, 2.24) is 19.4 Å². The van der Waals surface area contributed by atoms with Crippen molar-refractivity contribution in [1.29, 1.82) is 0 Å². The fourth-order valence-electron chi connectivity index (χ4n) is 2.07. The molecular formula is C13H18N4OS. The number of hydrogen-bond donors (Lipinski definition) is 0. The zero-order valence-electron chi connectivity index (χ0n) is 11.5. The lowest BCUT2D eigenvalue weighted by Gasteiger charge is -2.12. The number of ketones is 1. The topological polar surface area (TPSA) is 60.7 Å². The van der Waals surface area contributed by atoms with Crippen LogP contribution in [0.25, 0.3) is 0 Å². The van der Waals surface area contributed by atoms with Crippen LogP contribution < -0.4 is 0 Å². The molecule has 6 heteroatoms. The van der Waals surface area contributed by atoms with Crippen LogP contribution in [-0.2, 0) is 6.42 Å². The molecule has 5 nitrogen and oxygen atoms in total. The van der Waals surface area contributed by atoms with Crippen LogP contribution in [0.1, 0.15) is 53.8 Å². The number of carbonyl (C=O) groups is 1. The number of hydrogen-bond acceptors (Lipinski definition) is 5. The van der Waals surface area contributed by atoms with E-state index < -0.39 is 0 Å². The molecule has 102 valence electrons. The minimum atomic E-state index is 0.0438. The quantitative estimate of drug-likeness (QED) is 0.762. The number of aryl methyl sites for hydroxylation is 1. The summed E-state index contributed by atoms with van der Waals surface area (Å²) in [6, 6.07) is 2.33. The molecule has 2 rings (SSSR count). The van der Waals surface area contributed by atoms with Crippen LogP contribution in [0.2, 0.25) is 0 Å². The van der Waals surface area contributed by atoms with E-state index in [2.05, 4.69) is 28.5 Å². The lowest BCUT2D eigenvalue weighted by Crippen LogP contribution is -2.09. The van der Waals surface area contributed by atoms with Crippen LogP contribution in [0.4, 0.5) is 0 Å². The summed E-state index contributed by atoms with van der Waals surface area (Å²) in [6.07, 6.45) is 4.36. The first kappa shape index (κ1) is 13.9. The molecule has 2 aromatic rings. The van der Waals surface area contributed by atoms with Gasteiger partial charge in [0.15, 0.2) is 5.78 Å². The molecule has 0 atom stereocenters. The average molecular weight is 278 g/mol. The summed E-state index contributed by atoms with van der Waals surface area (Å²) in [5, 5.41) is 8.35. The maximum Gasteiger partial charge on any atom is 0.182 e. The molecule has 0 unspecified atom stereocenters. The maximum atomic E-state index is 12.1. The van der Waals surface area contributed by atoms with Crippen molar-refractivity contribution < 1.29 is 4.79 Å². The Balaban J connectivity index is 2.08. The third-order valence-electron chi connectivity index (χ3n) is 3.23. The first-order valence-electron chi connectivity index (χ1n) is 6.51. The molecule has 0 aliphatic carbocycles. The van der Waals surface area contributed by atoms with Gasteiger partial charge in [0.05, 0.1) is 23.9 Å². The number of Topliss-reactive ketones (excluding diaryl/α,β-unsaturated/α-hetero) is 1. The van der Waals surface area contributed by atoms with E-state index in [4.69, 9.17) is 0 Å². The van der Waals surface area contributed by atoms with Crippen molar-refractivity contribution in [3.05, 3.63) is 28.5 Å². The highest BCUT2D eigenvalue weighted by molar-refractivity contribution is 7.08. The highest BCUT2D eigenvalue weighted by Crippen LogP contribution is 2.16. The van der Waals surface area contributed by atoms with Crippen molar-refractivity contribution in [3.8, 4) is 0 Å². The molecule has 2 aromatic heterocycles. The molecule has 2 heterocycles. The van der Waals surface area contributed by atoms with Gasteiger partial charge in [0.1, 0.15) is 4.88 Å². The SMILES string of the molecule is CCC(CC)n1ccc(CC(=O)c2snnc2C)n1. The molecule has 0 radical (unpaired) electrons. The molecule has 0 aromatic carbocycles. The summed E-state index contributed by atoms with van der Waals surface area (Å²) in [5.41, 5.74) is 1.51. The minimum absolute atomic E-state index is 0.0438.